The molecule has 6 rings (SSSR count). The molecule has 2 aliphatic rings. The van der Waals surface area contributed by atoms with Crippen molar-refractivity contribution in [3.63, 3.8) is 0 Å². The molecule has 4 heterocycles. The Bertz CT molecular complexity index is 1660. The number of hydrogen-bond acceptors (Lipinski definition) is 6. The van der Waals surface area contributed by atoms with Gasteiger partial charge in [0.1, 0.15) is 29.0 Å². The molecule has 2 aromatic carbocycles. The molecule has 42 heavy (non-hydrogen) atoms. The summed E-state index contributed by atoms with van der Waals surface area (Å²) in [6, 6.07) is 13.9. The summed E-state index contributed by atoms with van der Waals surface area (Å²) < 4.78 is 22.9. The van der Waals surface area contributed by atoms with Gasteiger partial charge >= 0.3 is 5.97 Å². The number of benzene rings is 2. The highest BCUT2D eigenvalue weighted by Gasteiger charge is 2.29. The summed E-state index contributed by atoms with van der Waals surface area (Å²) in [5.41, 5.74) is 3.59. The zero-order chi connectivity index (χ0) is 29.4. The Morgan fingerprint density at radius 2 is 1.95 bits per heavy atom. The number of aliphatic hydroxyl groups excluding tert-OH is 1. The fourth-order valence-electron chi connectivity index (χ4n) is 5.84. The van der Waals surface area contributed by atoms with Crippen LogP contribution in [0.2, 0.25) is 5.02 Å². The van der Waals surface area contributed by atoms with Crippen molar-refractivity contribution in [3.8, 4) is 5.75 Å². The van der Waals surface area contributed by atoms with Gasteiger partial charge in [0.05, 0.1) is 19.2 Å². The minimum absolute atomic E-state index is 0.0497. The van der Waals surface area contributed by atoms with Gasteiger partial charge in [0, 0.05) is 16.1 Å². The van der Waals surface area contributed by atoms with Crippen LogP contribution >= 0.6 is 11.6 Å². The molecule has 10 heteroatoms. The van der Waals surface area contributed by atoms with E-state index in [0.717, 1.165) is 48.6 Å². The van der Waals surface area contributed by atoms with E-state index in [-0.39, 0.29) is 11.6 Å². The zero-order valence-electron chi connectivity index (χ0n) is 23.2. The first-order chi connectivity index (χ1) is 20.3. The molecule has 0 spiro atoms. The van der Waals surface area contributed by atoms with Crippen LogP contribution in [0.1, 0.15) is 71.2 Å². The van der Waals surface area contributed by atoms with Crippen LogP contribution in [0.15, 0.2) is 54.6 Å². The number of hydrogen-bond donors (Lipinski definition) is 2. The predicted octanol–water partition coefficient (Wildman–Crippen LogP) is 6.22. The molecular weight excluding hydrogens is 559 g/mol. The third kappa shape index (κ3) is 5.64. The molecule has 4 aromatic rings. The Morgan fingerprint density at radius 1 is 1.14 bits per heavy atom. The molecule has 2 atom stereocenters. The summed E-state index contributed by atoms with van der Waals surface area (Å²) in [6.45, 7) is 4.41. The topological polar surface area (TPSA) is 101 Å². The lowest BCUT2D eigenvalue weighted by Crippen LogP contribution is -2.34. The average Bonchev–Trinajstić information content (AvgIpc) is 3.32. The van der Waals surface area contributed by atoms with E-state index in [2.05, 4.69) is 16.0 Å². The monoisotopic (exact) mass is 590 g/mol. The molecule has 0 radical (unpaired) electrons. The van der Waals surface area contributed by atoms with Gasteiger partial charge in [0.25, 0.3) is 0 Å². The summed E-state index contributed by atoms with van der Waals surface area (Å²) in [7, 11) is 0. The van der Waals surface area contributed by atoms with Crippen molar-refractivity contribution in [2.75, 3.05) is 13.1 Å². The highest BCUT2D eigenvalue weighted by Crippen LogP contribution is 2.42. The first-order valence-electron chi connectivity index (χ1n) is 14.2. The number of carboxylic acids is 1. The van der Waals surface area contributed by atoms with Gasteiger partial charge in [0.15, 0.2) is 11.3 Å². The van der Waals surface area contributed by atoms with Gasteiger partial charge in [0.2, 0.25) is 0 Å². The maximum Gasteiger partial charge on any atom is 0.354 e. The summed E-state index contributed by atoms with van der Waals surface area (Å²) in [6.07, 6.45) is 5.12. The SMILES string of the molecule is CC[C@H](O)Cn1c(CN2CCC(c3cccc4c3O[C@@H](c3ccc(Cl)cc3F)C=C4)CC2)nc2ccc(C(=O)O)nc21. The molecule has 1 fully saturated rings. The van der Waals surface area contributed by atoms with Crippen molar-refractivity contribution in [1.82, 2.24) is 19.4 Å². The number of aromatic carboxylic acids is 1. The molecule has 0 unspecified atom stereocenters. The van der Waals surface area contributed by atoms with Gasteiger partial charge in [-0.1, -0.05) is 48.9 Å². The molecule has 0 aliphatic carbocycles. The Kier molecular flexibility index (Phi) is 7.98. The fourth-order valence-corrected chi connectivity index (χ4v) is 6.00. The molecule has 218 valence electrons. The lowest BCUT2D eigenvalue weighted by atomic mass is 9.87. The number of imidazole rings is 1. The summed E-state index contributed by atoms with van der Waals surface area (Å²) in [5, 5.41) is 20.2. The number of carbonyl (C=O) groups is 1. The number of aromatic nitrogens is 3. The Hall–Kier alpha value is -3.79. The van der Waals surface area contributed by atoms with Crippen molar-refractivity contribution < 1.29 is 24.1 Å². The number of fused-ring (bicyclic) bond motifs is 2. The van der Waals surface area contributed by atoms with Crippen LogP contribution in [0.3, 0.4) is 0 Å². The number of para-hydroxylation sites is 1. The smallest absolute Gasteiger partial charge is 0.354 e. The second kappa shape index (κ2) is 11.8. The summed E-state index contributed by atoms with van der Waals surface area (Å²) in [4.78, 5) is 23.0. The molecule has 2 N–H and O–H groups in total. The lowest BCUT2D eigenvalue weighted by Gasteiger charge is -2.34. The maximum absolute atomic E-state index is 14.7. The zero-order valence-corrected chi connectivity index (χ0v) is 24.0. The lowest BCUT2D eigenvalue weighted by molar-refractivity contribution is 0.0691. The predicted molar refractivity (Wildman–Crippen MR) is 158 cm³/mol. The number of halogens is 2. The van der Waals surface area contributed by atoms with E-state index in [1.807, 2.05) is 35.8 Å². The number of ether oxygens (including phenoxy) is 1. The van der Waals surface area contributed by atoms with Gasteiger partial charge in [-0.25, -0.2) is 19.2 Å². The normalized spacial score (nSPS) is 18.1. The van der Waals surface area contributed by atoms with Crippen LogP contribution in [0, 0.1) is 5.82 Å². The van der Waals surface area contributed by atoms with Crippen molar-refractivity contribution >= 4 is 34.8 Å². The van der Waals surface area contributed by atoms with E-state index in [1.165, 1.54) is 12.1 Å². The van der Waals surface area contributed by atoms with Gasteiger partial charge in [-0.15, -0.1) is 0 Å². The molecule has 0 bridgehead atoms. The highest BCUT2D eigenvalue weighted by atomic mass is 35.5. The Balaban J connectivity index is 1.19. The molecular formula is C32H32ClFN4O4. The second-order valence-corrected chi connectivity index (χ2v) is 11.4. The number of piperidine rings is 1. The van der Waals surface area contributed by atoms with E-state index in [0.29, 0.717) is 41.3 Å². The van der Waals surface area contributed by atoms with Gasteiger partial charge < -0.3 is 19.5 Å². The van der Waals surface area contributed by atoms with Gasteiger partial charge in [-0.05, 0) is 74.2 Å². The molecule has 2 aromatic heterocycles. The van der Waals surface area contributed by atoms with Crippen LogP contribution in [-0.4, -0.2) is 54.8 Å². The van der Waals surface area contributed by atoms with Crippen LogP contribution in [-0.2, 0) is 13.1 Å². The van der Waals surface area contributed by atoms with Crippen molar-refractivity contribution in [1.29, 1.82) is 0 Å². The number of nitrogens with zero attached hydrogens (tertiary/aromatic N) is 4. The summed E-state index contributed by atoms with van der Waals surface area (Å²) >= 11 is 5.96. The Labute approximate surface area is 248 Å². The number of rotatable bonds is 8. The van der Waals surface area contributed by atoms with Crippen LogP contribution in [0.25, 0.3) is 17.2 Å². The van der Waals surface area contributed by atoms with E-state index in [9.17, 15) is 19.4 Å². The average molecular weight is 591 g/mol. The molecule has 1 saturated heterocycles. The van der Waals surface area contributed by atoms with E-state index >= 15 is 0 Å². The fraction of sp³-hybridized carbons (Fsp3) is 0.344. The van der Waals surface area contributed by atoms with Gasteiger partial charge in [-0.3, -0.25) is 4.90 Å². The summed E-state index contributed by atoms with van der Waals surface area (Å²) in [5.74, 6) is 0.339. The highest BCUT2D eigenvalue weighted by molar-refractivity contribution is 6.30. The van der Waals surface area contributed by atoms with Crippen molar-refractivity contribution in [2.45, 2.75) is 57.4 Å². The van der Waals surface area contributed by atoms with Crippen LogP contribution in [0.5, 0.6) is 5.75 Å². The van der Waals surface area contributed by atoms with Crippen molar-refractivity contribution in [2.24, 2.45) is 0 Å². The standard InChI is InChI=1S/C32H32ClFN4O4/c1-2-22(39)17-38-29(35-26-9-10-27(32(40)41)36-31(26)38)18-37-14-12-19(13-15-37)23-5-3-4-20-6-11-28(42-30(20)23)24-8-7-21(33)16-25(24)34/h3-11,16,19,22,28,39H,2,12-15,17-18H2,1H3,(H,40,41)/t22-,28+/m0/s1. The first-order valence-corrected chi connectivity index (χ1v) is 14.6. The Morgan fingerprint density at radius 3 is 2.69 bits per heavy atom. The van der Waals surface area contributed by atoms with E-state index in [4.69, 9.17) is 21.3 Å². The molecule has 8 nitrogen and oxygen atoms in total. The van der Waals surface area contributed by atoms with E-state index in [1.54, 1.807) is 18.2 Å². The second-order valence-electron chi connectivity index (χ2n) is 10.9. The largest absolute Gasteiger partial charge is 0.481 e. The number of pyridine rings is 1. The third-order valence-electron chi connectivity index (χ3n) is 8.19. The quantitative estimate of drug-likeness (QED) is 0.251. The number of likely N-dealkylation sites (tertiary alicyclic amines) is 1. The number of carboxylic acid groups (broad SMARTS) is 1. The first kappa shape index (κ1) is 28.3. The number of aliphatic hydroxyl groups is 1. The van der Waals surface area contributed by atoms with Crippen molar-refractivity contribution in [3.05, 3.63) is 93.7 Å². The minimum Gasteiger partial charge on any atom is -0.481 e. The minimum atomic E-state index is -1.10. The third-order valence-corrected chi connectivity index (χ3v) is 8.42. The van der Waals surface area contributed by atoms with E-state index < -0.39 is 24.0 Å². The molecule has 0 saturated carbocycles. The molecule has 0 amide bonds. The van der Waals surface area contributed by atoms with Crippen LogP contribution < -0.4 is 4.74 Å². The maximum atomic E-state index is 14.7. The van der Waals surface area contributed by atoms with Crippen LogP contribution in [0.4, 0.5) is 4.39 Å². The van der Waals surface area contributed by atoms with Gasteiger partial charge in [-0.2, -0.15) is 0 Å². The molecule has 2 aliphatic heterocycles.